The van der Waals surface area contributed by atoms with Crippen molar-refractivity contribution in [2.24, 2.45) is 0 Å². The summed E-state index contributed by atoms with van der Waals surface area (Å²) in [5, 5.41) is 44.6. The predicted molar refractivity (Wildman–Crippen MR) is 90.3 cm³/mol. The van der Waals surface area contributed by atoms with Gasteiger partial charge < -0.3 is 0 Å². The van der Waals surface area contributed by atoms with E-state index < -0.39 is 68.7 Å². The van der Waals surface area contributed by atoms with E-state index in [1.54, 1.807) is 0 Å². The van der Waals surface area contributed by atoms with E-state index in [0.717, 1.165) is 36.4 Å². The molecule has 0 atom stereocenters. The fraction of sp³-hybridized carbons (Fsp3) is 0. The van der Waals surface area contributed by atoms with E-state index in [2.05, 4.69) is 0 Å². The summed E-state index contributed by atoms with van der Waals surface area (Å²) in [6, 6.07) is 6.69. The molecular formula is C12H6N4O8Se2. The van der Waals surface area contributed by atoms with E-state index >= 15 is 0 Å². The zero-order valence-corrected chi connectivity index (χ0v) is 15.8. The van der Waals surface area contributed by atoms with Gasteiger partial charge in [0.2, 0.25) is 0 Å². The Morgan fingerprint density at radius 2 is 0.769 bits per heavy atom. The number of hydrogen-bond donors (Lipinski definition) is 0. The van der Waals surface area contributed by atoms with Gasteiger partial charge in [0.15, 0.2) is 0 Å². The molecule has 0 heterocycles. The van der Waals surface area contributed by atoms with Gasteiger partial charge in [0, 0.05) is 0 Å². The van der Waals surface area contributed by atoms with Crippen molar-refractivity contribution in [3.05, 3.63) is 76.9 Å². The van der Waals surface area contributed by atoms with E-state index in [4.69, 9.17) is 0 Å². The van der Waals surface area contributed by atoms with E-state index in [0.29, 0.717) is 0 Å². The molecule has 0 unspecified atom stereocenters. The average molecular weight is 492 g/mol. The van der Waals surface area contributed by atoms with Crippen molar-refractivity contribution in [3.8, 4) is 0 Å². The molecule has 0 radical (unpaired) electrons. The van der Waals surface area contributed by atoms with Crippen LogP contribution in [0.25, 0.3) is 0 Å². The Morgan fingerprint density at radius 3 is 0.962 bits per heavy atom. The van der Waals surface area contributed by atoms with Crippen LogP contribution in [-0.4, -0.2) is 46.0 Å². The molecule has 0 saturated carbocycles. The first-order valence-electron chi connectivity index (χ1n) is 6.42. The molecule has 0 N–H and O–H groups in total. The molecule has 2 aromatic carbocycles. The van der Waals surface area contributed by atoms with E-state index in [9.17, 15) is 40.5 Å². The van der Waals surface area contributed by atoms with Crippen LogP contribution in [-0.2, 0) is 0 Å². The van der Waals surface area contributed by atoms with Gasteiger partial charge in [-0.1, -0.05) is 0 Å². The van der Waals surface area contributed by atoms with E-state index in [-0.39, 0.29) is 8.92 Å². The van der Waals surface area contributed by atoms with Crippen molar-refractivity contribution < 1.29 is 19.7 Å². The fourth-order valence-electron chi connectivity index (χ4n) is 1.86. The SMILES string of the molecule is O=[N+]([O-])c1cccc([N+](=O)[O-])c1[Se][Se]c1c([N+](=O)[O-])cccc1[N+](=O)[O-]. The number of hydrogen-bond acceptors (Lipinski definition) is 8. The number of benzene rings is 2. The Kier molecular flexibility index (Phi) is 5.95. The van der Waals surface area contributed by atoms with Crippen LogP contribution in [0.4, 0.5) is 22.7 Å². The van der Waals surface area contributed by atoms with Crippen molar-refractivity contribution in [2.45, 2.75) is 0 Å². The first-order valence-corrected chi connectivity index (χ1v) is 12.5. The summed E-state index contributed by atoms with van der Waals surface area (Å²) in [6.07, 6.45) is 0. The van der Waals surface area contributed by atoms with Gasteiger partial charge in [-0.3, -0.25) is 0 Å². The predicted octanol–water partition coefficient (Wildman–Crippen LogP) is 0.594. The van der Waals surface area contributed by atoms with Crippen molar-refractivity contribution in [1.29, 1.82) is 0 Å². The molecule has 0 bridgehead atoms. The van der Waals surface area contributed by atoms with Gasteiger partial charge in [-0.15, -0.1) is 0 Å². The number of nitro groups is 4. The molecule has 2 rings (SSSR count). The normalized spacial score (nSPS) is 10.3. The summed E-state index contributed by atoms with van der Waals surface area (Å²) in [4.78, 5) is 41.4. The minimum absolute atomic E-state index is 0.164. The van der Waals surface area contributed by atoms with Gasteiger partial charge >= 0.3 is 154 Å². The molecule has 0 amide bonds. The number of nitro benzene ring substituents is 4. The third-order valence-electron chi connectivity index (χ3n) is 2.94. The van der Waals surface area contributed by atoms with Gasteiger partial charge in [-0.25, -0.2) is 0 Å². The second-order valence-electron chi connectivity index (χ2n) is 4.45. The van der Waals surface area contributed by atoms with Crippen molar-refractivity contribution in [2.75, 3.05) is 0 Å². The van der Waals surface area contributed by atoms with Crippen LogP contribution in [0.3, 0.4) is 0 Å². The summed E-state index contributed by atoms with van der Waals surface area (Å²) in [5.41, 5.74) is -1.94. The van der Waals surface area contributed by atoms with Crippen LogP contribution >= 0.6 is 0 Å². The summed E-state index contributed by atoms with van der Waals surface area (Å²) < 4.78 is -0.329. The maximum absolute atomic E-state index is 11.1. The number of rotatable bonds is 7. The van der Waals surface area contributed by atoms with E-state index in [1.807, 2.05) is 0 Å². The Hall–Kier alpha value is -2.92. The van der Waals surface area contributed by atoms with Crippen LogP contribution in [0.1, 0.15) is 0 Å². The molecule has 12 nitrogen and oxygen atoms in total. The summed E-state index contributed by atoms with van der Waals surface area (Å²) in [7, 11) is 0. The average Bonchev–Trinajstić information content (AvgIpc) is 2.58. The van der Waals surface area contributed by atoms with Gasteiger partial charge in [-0.05, 0) is 0 Å². The zero-order valence-electron chi connectivity index (χ0n) is 12.3. The zero-order chi connectivity index (χ0) is 19.4. The van der Waals surface area contributed by atoms with Crippen molar-refractivity contribution >= 4 is 57.9 Å². The minimum atomic E-state index is -0.962. The Balaban J connectivity index is 2.53. The summed E-state index contributed by atoms with van der Waals surface area (Å²) in [6.45, 7) is 0. The molecule has 0 spiro atoms. The summed E-state index contributed by atoms with van der Waals surface area (Å²) in [5.74, 6) is 0. The van der Waals surface area contributed by atoms with Crippen molar-refractivity contribution in [3.63, 3.8) is 0 Å². The van der Waals surface area contributed by atoms with Crippen LogP contribution in [0.5, 0.6) is 0 Å². The molecule has 134 valence electrons. The summed E-state index contributed by atoms with van der Waals surface area (Å²) >= 11 is -1.92. The van der Waals surface area contributed by atoms with Crippen LogP contribution in [0, 0.1) is 40.5 Å². The topological polar surface area (TPSA) is 173 Å². The van der Waals surface area contributed by atoms with Crippen LogP contribution < -0.4 is 8.92 Å². The molecule has 2 aromatic rings. The maximum atomic E-state index is 11.1. The molecule has 26 heavy (non-hydrogen) atoms. The van der Waals surface area contributed by atoms with Crippen LogP contribution in [0.2, 0.25) is 0 Å². The first kappa shape index (κ1) is 19.4. The molecule has 0 fully saturated rings. The second kappa shape index (κ2) is 7.97. The fourth-order valence-corrected chi connectivity index (χ4v) is 9.66. The first-order chi connectivity index (χ1) is 12.2. The van der Waals surface area contributed by atoms with Crippen molar-refractivity contribution in [1.82, 2.24) is 0 Å². The third kappa shape index (κ3) is 4.00. The quantitative estimate of drug-likeness (QED) is 0.307. The van der Waals surface area contributed by atoms with E-state index in [1.165, 1.54) is 0 Å². The molecule has 0 aliphatic heterocycles. The molecule has 14 heteroatoms. The second-order valence-corrected chi connectivity index (χ2v) is 10.5. The molecule has 0 aliphatic rings. The third-order valence-corrected chi connectivity index (χ3v) is 10.1. The van der Waals surface area contributed by atoms with Gasteiger partial charge in [0.25, 0.3) is 0 Å². The monoisotopic (exact) mass is 494 g/mol. The molecule has 0 aromatic heterocycles. The molecule has 0 aliphatic carbocycles. The Bertz CT molecular complexity index is 795. The van der Waals surface area contributed by atoms with Crippen LogP contribution in [0.15, 0.2) is 36.4 Å². The van der Waals surface area contributed by atoms with Gasteiger partial charge in [-0.2, -0.15) is 0 Å². The molecular weight excluding hydrogens is 486 g/mol. The van der Waals surface area contributed by atoms with Gasteiger partial charge in [0.05, 0.1) is 0 Å². The standard InChI is InChI=1S/C12H6N4O8Se2/c17-13(18)7-3-1-4-8(14(19)20)11(7)25-26-12-9(15(21)22)5-2-6-10(12)16(23)24/h1-6H. The Morgan fingerprint density at radius 1 is 0.538 bits per heavy atom. The number of nitrogens with zero attached hydrogens (tertiary/aromatic N) is 4. The Labute approximate surface area is 154 Å². The van der Waals surface area contributed by atoms with Gasteiger partial charge in [0.1, 0.15) is 0 Å². The molecule has 0 saturated heterocycles.